The standard InChI is InChI=1S/C11H13BrF2O/c1-2-3-8-6-9(12)4-5-10(8)15-7-11(13)14/h4-6,11H,2-3,7H2,1H3. The Bertz CT molecular complexity index is 315. The summed E-state index contributed by atoms with van der Waals surface area (Å²) in [7, 11) is 0. The molecule has 0 aromatic heterocycles. The topological polar surface area (TPSA) is 9.23 Å². The summed E-state index contributed by atoms with van der Waals surface area (Å²) >= 11 is 3.34. The van der Waals surface area contributed by atoms with Crippen molar-refractivity contribution < 1.29 is 13.5 Å². The molecule has 0 spiro atoms. The highest BCUT2D eigenvalue weighted by atomic mass is 79.9. The molecule has 0 saturated heterocycles. The number of ether oxygens (including phenoxy) is 1. The van der Waals surface area contributed by atoms with Crippen molar-refractivity contribution in [2.75, 3.05) is 6.61 Å². The van der Waals surface area contributed by atoms with E-state index in [1.807, 2.05) is 13.0 Å². The summed E-state index contributed by atoms with van der Waals surface area (Å²) in [6.07, 6.45) is -0.636. The summed E-state index contributed by atoms with van der Waals surface area (Å²) < 4.78 is 29.9. The highest BCUT2D eigenvalue weighted by molar-refractivity contribution is 9.10. The van der Waals surface area contributed by atoms with E-state index in [0.29, 0.717) is 5.75 Å². The third kappa shape index (κ3) is 4.16. The first-order chi connectivity index (χ1) is 7.13. The number of hydrogen-bond acceptors (Lipinski definition) is 1. The van der Waals surface area contributed by atoms with Gasteiger partial charge in [-0.15, -0.1) is 0 Å². The molecule has 4 heteroatoms. The zero-order chi connectivity index (χ0) is 11.3. The molecule has 1 rings (SSSR count). The van der Waals surface area contributed by atoms with E-state index in [9.17, 15) is 8.78 Å². The Morgan fingerprint density at radius 3 is 2.73 bits per heavy atom. The normalized spacial score (nSPS) is 10.7. The van der Waals surface area contributed by atoms with E-state index >= 15 is 0 Å². The maximum absolute atomic E-state index is 12.0. The predicted octanol–water partition coefficient (Wildman–Crippen LogP) is 4.05. The van der Waals surface area contributed by atoms with Gasteiger partial charge in [0.25, 0.3) is 6.43 Å². The Kier molecular flexibility index (Phi) is 5.02. The molecule has 0 saturated carbocycles. The van der Waals surface area contributed by atoms with Crippen molar-refractivity contribution in [1.29, 1.82) is 0 Å². The van der Waals surface area contributed by atoms with Gasteiger partial charge in [-0.2, -0.15) is 0 Å². The average Bonchev–Trinajstić information content (AvgIpc) is 2.17. The second kappa shape index (κ2) is 6.05. The molecule has 1 nitrogen and oxygen atoms in total. The number of benzene rings is 1. The Balaban J connectivity index is 2.76. The van der Waals surface area contributed by atoms with Crippen molar-refractivity contribution in [2.24, 2.45) is 0 Å². The van der Waals surface area contributed by atoms with Crippen LogP contribution in [0.3, 0.4) is 0 Å². The van der Waals surface area contributed by atoms with E-state index in [1.165, 1.54) is 0 Å². The second-order valence-corrected chi connectivity index (χ2v) is 4.12. The van der Waals surface area contributed by atoms with Gasteiger partial charge in [-0.3, -0.25) is 0 Å². The molecule has 0 heterocycles. The van der Waals surface area contributed by atoms with E-state index in [2.05, 4.69) is 15.9 Å². The lowest BCUT2D eigenvalue weighted by molar-refractivity contribution is 0.0814. The van der Waals surface area contributed by atoms with Crippen LogP contribution in [0.4, 0.5) is 8.78 Å². The van der Waals surface area contributed by atoms with Crippen LogP contribution in [0.1, 0.15) is 18.9 Å². The van der Waals surface area contributed by atoms with Crippen LogP contribution in [-0.4, -0.2) is 13.0 Å². The summed E-state index contributed by atoms with van der Waals surface area (Å²) in [6.45, 7) is 1.50. The zero-order valence-corrected chi connectivity index (χ0v) is 10.1. The fourth-order valence-electron chi connectivity index (χ4n) is 1.31. The molecule has 0 unspecified atom stereocenters. The van der Waals surface area contributed by atoms with Gasteiger partial charge < -0.3 is 4.74 Å². The first-order valence-electron chi connectivity index (χ1n) is 4.83. The van der Waals surface area contributed by atoms with Crippen molar-refractivity contribution in [1.82, 2.24) is 0 Å². The Morgan fingerprint density at radius 1 is 1.40 bits per heavy atom. The fraction of sp³-hybridized carbons (Fsp3) is 0.455. The summed E-state index contributed by atoms with van der Waals surface area (Å²) in [5.41, 5.74) is 0.965. The number of hydrogen-bond donors (Lipinski definition) is 0. The Hall–Kier alpha value is -0.640. The van der Waals surface area contributed by atoms with Gasteiger partial charge in [-0.05, 0) is 30.2 Å². The quantitative estimate of drug-likeness (QED) is 0.790. The average molecular weight is 279 g/mol. The lowest BCUT2D eigenvalue weighted by atomic mass is 10.1. The Labute approximate surface area is 96.6 Å². The SMILES string of the molecule is CCCc1cc(Br)ccc1OCC(F)F. The summed E-state index contributed by atoms with van der Waals surface area (Å²) in [6, 6.07) is 5.42. The highest BCUT2D eigenvalue weighted by Gasteiger charge is 2.07. The molecule has 0 amide bonds. The van der Waals surface area contributed by atoms with E-state index < -0.39 is 13.0 Å². The maximum Gasteiger partial charge on any atom is 0.272 e. The van der Waals surface area contributed by atoms with Gasteiger partial charge in [0.15, 0.2) is 0 Å². The van der Waals surface area contributed by atoms with Crippen LogP contribution in [0.2, 0.25) is 0 Å². The molecule has 1 aromatic carbocycles. The van der Waals surface area contributed by atoms with E-state index in [-0.39, 0.29) is 0 Å². The van der Waals surface area contributed by atoms with Crippen LogP contribution in [0, 0.1) is 0 Å². The third-order valence-electron chi connectivity index (χ3n) is 1.91. The van der Waals surface area contributed by atoms with E-state index in [4.69, 9.17) is 4.74 Å². The highest BCUT2D eigenvalue weighted by Crippen LogP contribution is 2.24. The minimum absolute atomic E-state index is 0.543. The second-order valence-electron chi connectivity index (χ2n) is 3.20. The first-order valence-corrected chi connectivity index (χ1v) is 5.62. The summed E-state index contributed by atoms with van der Waals surface area (Å²) in [5.74, 6) is 0.556. The van der Waals surface area contributed by atoms with Crippen molar-refractivity contribution in [3.63, 3.8) is 0 Å². The van der Waals surface area contributed by atoms with Gasteiger partial charge in [0.1, 0.15) is 12.4 Å². The van der Waals surface area contributed by atoms with Crippen molar-refractivity contribution >= 4 is 15.9 Å². The molecule has 0 fully saturated rings. The largest absolute Gasteiger partial charge is 0.487 e. The molecule has 0 bridgehead atoms. The minimum atomic E-state index is -2.43. The van der Waals surface area contributed by atoms with Crippen molar-refractivity contribution in [3.05, 3.63) is 28.2 Å². The minimum Gasteiger partial charge on any atom is -0.487 e. The molecule has 0 aliphatic carbocycles. The van der Waals surface area contributed by atoms with Crippen LogP contribution in [0.25, 0.3) is 0 Å². The van der Waals surface area contributed by atoms with E-state index in [0.717, 1.165) is 22.9 Å². The van der Waals surface area contributed by atoms with Gasteiger partial charge >= 0.3 is 0 Å². The monoisotopic (exact) mass is 278 g/mol. The molecule has 0 radical (unpaired) electrons. The van der Waals surface area contributed by atoms with E-state index in [1.54, 1.807) is 12.1 Å². The molecule has 0 aliphatic rings. The summed E-state index contributed by atoms with van der Waals surface area (Å²) in [4.78, 5) is 0. The predicted molar refractivity (Wildman–Crippen MR) is 59.6 cm³/mol. The van der Waals surface area contributed by atoms with Gasteiger partial charge in [0.05, 0.1) is 0 Å². The Morgan fingerprint density at radius 2 is 2.13 bits per heavy atom. The van der Waals surface area contributed by atoms with Crippen molar-refractivity contribution in [2.45, 2.75) is 26.2 Å². The molecule has 84 valence electrons. The van der Waals surface area contributed by atoms with Crippen LogP contribution in [-0.2, 0) is 6.42 Å². The van der Waals surface area contributed by atoms with Gasteiger partial charge in [0, 0.05) is 4.47 Å². The molecule has 1 aromatic rings. The number of halogens is 3. The lowest BCUT2D eigenvalue weighted by Crippen LogP contribution is -2.08. The zero-order valence-electron chi connectivity index (χ0n) is 8.47. The lowest BCUT2D eigenvalue weighted by Gasteiger charge is -2.10. The van der Waals surface area contributed by atoms with Crippen LogP contribution in [0.5, 0.6) is 5.75 Å². The molecule has 0 atom stereocenters. The number of alkyl halides is 2. The van der Waals surface area contributed by atoms with Gasteiger partial charge in [-0.25, -0.2) is 8.78 Å². The molecule has 0 N–H and O–H groups in total. The molecular weight excluding hydrogens is 266 g/mol. The number of aryl methyl sites for hydroxylation is 1. The molecule has 15 heavy (non-hydrogen) atoms. The smallest absolute Gasteiger partial charge is 0.272 e. The van der Waals surface area contributed by atoms with Crippen LogP contribution < -0.4 is 4.74 Å². The third-order valence-corrected chi connectivity index (χ3v) is 2.40. The number of rotatable bonds is 5. The van der Waals surface area contributed by atoms with Crippen molar-refractivity contribution in [3.8, 4) is 5.75 Å². The first kappa shape index (κ1) is 12.4. The van der Waals surface area contributed by atoms with Crippen LogP contribution in [0.15, 0.2) is 22.7 Å². The van der Waals surface area contributed by atoms with Crippen LogP contribution >= 0.6 is 15.9 Å². The molecule has 0 aliphatic heterocycles. The molecular formula is C11H13BrF2O. The summed E-state index contributed by atoms with van der Waals surface area (Å²) in [5, 5.41) is 0. The maximum atomic E-state index is 12.0. The van der Waals surface area contributed by atoms with Gasteiger partial charge in [0.2, 0.25) is 0 Å². The fourth-order valence-corrected chi connectivity index (χ4v) is 1.71. The van der Waals surface area contributed by atoms with Gasteiger partial charge in [-0.1, -0.05) is 29.3 Å².